The minimum Gasteiger partial charge on any atom is -0.481 e. The topological polar surface area (TPSA) is 58.6 Å². The van der Waals surface area contributed by atoms with E-state index in [9.17, 15) is 14.3 Å². The third kappa shape index (κ3) is 4.71. The first kappa shape index (κ1) is 14.4. The number of rotatable bonds is 6. The molecule has 0 radical (unpaired) electrons. The average Bonchev–Trinajstić information content (AvgIpc) is 2.38. The fourth-order valence-electron chi connectivity index (χ4n) is 1.28. The van der Waals surface area contributed by atoms with Crippen LogP contribution in [0.3, 0.4) is 0 Å². The van der Waals surface area contributed by atoms with Gasteiger partial charge in [0.2, 0.25) is 0 Å². The van der Waals surface area contributed by atoms with Gasteiger partial charge in [0.1, 0.15) is 11.6 Å². The van der Waals surface area contributed by atoms with Crippen molar-refractivity contribution in [1.82, 2.24) is 5.32 Å². The normalized spacial score (nSPS) is 13.8. The number of ether oxygens (including phenoxy) is 1. The van der Waals surface area contributed by atoms with E-state index in [1.54, 1.807) is 6.92 Å². The molecule has 0 saturated carbocycles. The van der Waals surface area contributed by atoms with Crippen molar-refractivity contribution >= 4 is 5.91 Å². The van der Waals surface area contributed by atoms with E-state index in [4.69, 9.17) is 4.74 Å². The second-order valence-electron chi connectivity index (χ2n) is 4.02. The Hall–Kier alpha value is -1.62. The van der Waals surface area contributed by atoms with E-state index >= 15 is 0 Å². The van der Waals surface area contributed by atoms with E-state index in [0.29, 0.717) is 12.2 Å². The summed E-state index contributed by atoms with van der Waals surface area (Å²) in [6, 6.07) is 5.45. The van der Waals surface area contributed by atoms with Crippen molar-refractivity contribution in [3.05, 3.63) is 30.1 Å². The Bertz CT molecular complexity index is 380. The van der Waals surface area contributed by atoms with Crippen molar-refractivity contribution < 1.29 is 19.0 Å². The van der Waals surface area contributed by atoms with Gasteiger partial charge in [0.15, 0.2) is 6.10 Å². The molecular weight excluding hydrogens is 237 g/mol. The molecule has 1 rings (SSSR count). The lowest BCUT2D eigenvalue weighted by molar-refractivity contribution is -0.127. The molecule has 0 bridgehead atoms. The highest BCUT2D eigenvalue weighted by molar-refractivity contribution is 5.80. The van der Waals surface area contributed by atoms with Crippen molar-refractivity contribution in [2.75, 3.05) is 6.54 Å². The molecule has 0 spiro atoms. The van der Waals surface area contributed by atoms with Gasteiger partial charge in [0.05, 0.1) is 6.10 Å². The maximum Gasteiger partial charge on any atom is 0.260 e. The second kappa shape index (κ2) is 6.96. The van der Waals surface area contributed by atoms with Gasteiger partial charge in [-0.05, 0) is 37.6 Å². The van der Waals surface area contributed by atoms with Crippen LogP contribution in [-0.2, 0) is 4.79 Å². The molecule has 0 heterocycles. The van der Waals surface area contributed by atoms with Crippen molar-refractivity contribution in [3.63, 3.8) is 0 Å². The second-order valence-corrected chi connectivity index (χ2v) is 4.02. The van der Waals surface area contributed by atoms with E-state index in [0.717, 1.165) is 0 Å². The lowest BCUT2D eigenvalue weighted by Gasteiger charge is -2.16. The number of benzene rings is 1. The lowest BCUT2D eigenvalue weighted by atomic mass is 10.2. The van der Waals surface area contributed by atoms with Gasteiger partial charge in [-0.15, -0.1) is 0 Å². The monoisotopic (exact) mass is 255 g/mol. The fourth-order valence-corrected chi connectivity index (χ4v) is 1.28. The Balaban J connectivity index is 2.42. The van der Waals surface area contributed by atoms with Gasteiger partial charge in [-0.1, -0.05) is 6.92 Å². The van der Waals surface area contributed by atoms with Crippen molar-refractivity contribution in [1.29, 1.82) is 0 Å². The Morgan fingerprint density at radius 2 is 2.06 bits per heavy atom. The zero-order valence-electron chi connectivity index (χ0n) is 10.5. The van der Waals surface area contributed by atoms with Crippen LogP contribution < -0.4 is 10.1 Å². The zero-order chi connectivity index (χ0) is 13.5. The summed E-state index contributed by atoms with van der Waals surface area (Å²) < 4.78 is 18.0. The number of nitrogens with one attached hydrogen (secondary N) is 1. The third-order valence-corrected chi connectivity index (χ3v) is 2.48. The van der Waals surface area contributed by atoms with Crippen LogP contribution in [0, 0.1) is 5.82 Å². The Labute approximate surface area is 106 Å². The Morgan fingerprint density at radius 1 is 1.44 bits per heavy atom. The van der Waals surface area contributed by atoms with Crippen LogP contribution in [0.4, 0.5) is 4.39 Å². The third-order valence-electron chi connectivity index (χ3n) is 2.48. The summed E-state index contributed by atoms with van der Waals surface area (Å²) in [5.41, 5.74) is 0. The molecule has 1 aromatic carbocycles. The van der Waals surface area contributed by atoms with Gasteiger partial charge >= 0.3 is 0 Å². The number of amides is 1. The number of aliphatic hydroxyl groups is 1. The molecule has 0 aliphatic heterocycles. The summed E-state index contributed by atoms with van der Waals surface area (Å²) in [6.07, 6.45) is -0.667. The van der Waals surface area contributed by atoms with Gasteiger partial charge in [-0.2, -0.15) is 0 Å². The molecule has 18 heavy (non-hydrogen) atoms. The fraction of sp³-hybridized carbons (Fsp3) is 0.462. The maximum atomic E-state index is 12.7. The molecule has 5 heteroatoms. The molecule has 0 aliphatic carbocycles. The summed E-state index contributed by atoms with van der Waals surface area (Å²) >= 11 is 0. The number of hydrogen-bond acceptors (Lipinski definition) is 3. The van der Waals surface area contributed by atoms with Gasteiger partial charge < -0.3 is 15.2 Å². The first-order chi connectivity index (χ1) is 8.52. The summed E-state index contributed by atoms with van der Waals surface area (Å²) in [5, 5.41) is 11.9. The number of carbonyl (C=O) groups excluding carboxylic acids is 1. The summed E-state index contributed by atoms with van der Waals surface area (Å²) in [6.45, 7) is 3.62. The number of halogens is 1. The minimum atomic E-state index is -0.695. The Morgan fingerprint density at radius 3 is 2.61 bits per heavy atom. The largest absolute Gasteiger partial charge is 0.481 e. The molecule has 0 aromatic heterocycles. The molecule has 1 amide bonds. The van der Waals surface area contributed by atoms with Crippen molar-refractivity contribution in [2.24, 2.45) is 0 Å². The molecule has 0 saturated heterocycles. The van der Waals surface area contributed by atoms with Gasteiger partial charge in [-0.25, -0.2) is 4.39 Å². The molecule has 0 aliphatic rings. The van der Waals surface area contributed by atoms with Crippen molar-refractivity contribution in [3.8, 4) is 5.75 Å². The smallest absolute Gasteiger partial charge is 0.260 e. The number of carbonyl (C=O) groups is 1. The lowest BCUT2D eigenvalue weighted by Crippen LogP contribution is -2.40. The molecule has 2 N–H and O–H groups in total. The van der Waals surface area contributed by atoms with Crippen LogP contribution in [0.2, 0.25) is 0 Å². The highest BCUT2D eigenvalue weighted by Gasteiger charge is 2.15. The molecule has 100 valence electrons. The summed E-state index contributed by atoms with van der Waals surface area (Å²) in [4.78, 5) is 11.6. The van der Waals surface area contributed by atoms with Gasteiger partial charge in [0, 0.05) is 6.54 Å². The highest BCUT2D eigenvalue weighted by Crippen LogP contribution is 2.12. The standard InChI is InChI=1S/C13H18FNO3/c1-3-11(16)8-15-13(17)9(2)18-12-6-4-10(14)5-7-12/h4-7,9,11,16H,3,8H2,1-2H3,(H,15,17). The van der Waals surface area contributed by atoms with Crippen LogP contribution in [-0.4, -0.2) is 29.8 Å². The molecule has 0 fully saturated rings. The van der Waals surface area contributed by atoms with Crippen LogP contribution in [0.15, 0.2) is 24.3 Å². The molecule has 2 atom stereocenters. The first-order valence-corrected chi connectivity index (χ1v) is 5.91. The predicted octanol–water partition coefficient (Wildman–Crippen LogP) is 1.48. The molecular formula is C13H18FNO3. The number of hydrogen-bond donors (Lipinski definition) is 2. The van der Waals surface area contributed by atoms with Crippen LogP contribution >= 0.6 is 0 Å². The minimum absolute atomic E-state index is 0.201. The summed E-state index contributed by atoms with van der Waals surface area (Å²) in [5.74, 6) is -0.243. The van der Waals surface area contributed by atoms with Gasteiger partial charge in [-0.3, -0.25) is 4.79 Å². The number of aliphatic hydroxyl groups excluding tert-OH is 1. The highest BCUT2D eigenvalue weighted by atomic mass is 19.1. The Kier molecular flexibility index (Phi) is 5.58. The molecule has 2 unspecified atom stereocenters. The van der Waals surface area contributed by atoms with E-state index in [-0.39, 0.29) is 18.3 Å². The van der Waals surface area contributed by atoms with E-state index in [1.165, 1.54) is 24.3 Å². The van der Waals surface area contributed by atoms with Crippen LogP contribution in [0.25, 0.3) is 0 Å². The summed E-state index contributed by atoms with van der Waals surface area (Å²) in [7, 11) is 0. The van der Waals surface area contributed by atoms with E-state index in [2.05, 4.69) is 5.32 Å². The molecule has 1 aromatic rings. The SMILES string of the molecule is CCC(O)CNC(=O)C(C)Oc1ccc(F)cc1. The first-order valence-electron chi connectivity index (χ1n) is 5.91. The van der Waals surface area contributed by atoms with Crippen molar-refractivity contribution in [2.45, 2.75) is 32.5 Å². The van der Waals surface area contributed by atoms with Gasteiger partial charge in [0.25, 0.3) is 5.91 Å². The maximum absolute atomic E-state index is 12.7. The van der Waals surface area contributed by atoms with Crippen LogP contribution in [0.5, 0.6) is 5.75 Å². The molecule has 4 nitrogen and oxygen atoms in total. The predicted molar refractivity (Wildman–Crippen MR) is 65.8 cm³/mol. The van der Waals surface area contributed by atoms with E-state index < -0.39 is 12.2 Å². The zero-order valence-corrected chi connectivity index (χ0v) is 10.5. The van der Waals surface area contributed by atoms with E-state index in [1.807, 2.05) is 6.92 Å². The van der Waals surface area contributed by atoms with Crippen LogP contribution in [0.1, 0.15) is 20.3 Å². The quantitative estimate of drug-likeness (QED) is 0.809. The average molecular weight is 255 g/mol.